The summed E-state index contributed by atoms with van der Waals surface area (Å²) >= 11 is 0. The van der Waals surface area contributed by atoms with Crippen LogP contribution in [0.25, 0.3) is 10.9 Å². The van der Waals surface area contributed by atoms with Gasteiger partial charge in [-0.15, -0.1) is 0 Å². The van der Waals surface area contributed by atoms with Crippen LogP contribution in [0, 0.1) is 0 Å². The molecule has 118 valence electrons. The number of ether oxygens (including phenoxy) is 1. The molecule has 0 spiro atoms. The molecule has 1 fully saturated rings. The van der Waals surface area contributed by atoms with Gasteiger partial charge in [0.15, 0.2) is 6.10 Å². The van der Waals surface area contributed by atoms with Crippen LogP contribution in [0.4, 0.5) is 24.9 Å². The molecule has 2 heterocycles. The minimum Gasteiger partial charge on any atom is -0.383 e. The first kappa shape index (κ1) is 14.8. The first-order chi connectivity index (χ1) is 10.3. The van der Waals surface area contributed by atoms with Crippen molar-refractivity contribution < 1.29 is 17.9 Å². The molecule has 1 unspecified atom stereocenters. The van der Waals surface area contributed by atoms with E-state index in [4.69, 9.17) is 10.5 Å². The van der Waals surface area contributed by atoms with Gasteiger partial charge in [0.05, 0.1) is 11.6 Å². The number of rotatable bonds is 3. The summed E-state index contributed by atoms with van der Waals surface area (Å²) in [4.78, 5) is 10.3. The van der Waals surface area contributed by atoms with E-state index < -0.39 is 18.4 Å². The lowest BCUT2D eigenvalue weighted by atomic mass is 10.1. The van der Waals surface area contributed by atoms with Crippen LogP contribution in [0.1, 0.15) is 6.92 Å². The van der Waals surface area contributed by atoms with E-state index in [0.717, 1.165) is 12.3 Å². The van der Waals surface area contributed by atoms with Crippen LogP contribution >= 0.6 is 0 Å². The zero-order valence-corrected chi connectivity index (χ0v) is 11.8. The number of para-hydroxylation sites is 1. The van der Waals surface area contributed by atoms with Crippen molar-refractivity contribution >= 4 is 22.7 Å². The lowest BCUT2D eigenvalue weighted by Gasteiger charge is -2.40. The number of benzene rings is 1. The van der Waals surface area contributed by atoms with E-state index in [1.807, 2.05) is 24.3 Å². The third-order valence-corrected chi connectivity index (χ3v) is 3.61. The largest absolute Gasteiger partial charge is 0.414 e. The van der Waals surface area contributed by atoms with Crippen molar-refractivity contribution in [1.82, 2.24) is 9.97 Å². The third-order valence-electron chi connectivity index (χ3n) is 3.61. The van der Waals surface area contributed by atoms with Gasteiger partial charge in [-0.2, -0.15) is 18.2 Å². The van der Waals surface area contributed by atoms with Gasteiger partial charge in [-0.3, -0.25) is 0 Å². The molecule has 0 amide bonds. The van der Waals surface area contributed by atoms with Gasteiger partial charge in [-0.1, -0.05) is 12.1 Å². The minimum absolute atomic E-state index is 0.318. The molecule has 0 bridgehead atoms. The molecule has 2 N–H and O–H groups in total. The monoisotopic (exact) mass is 312 g/mol. The quantitative estimate of drug-likeness (QED) is 0.942. The molecule has 1 aliphatic heterocycles. The lowest BCUT2D eigenvalue weighted by molar-refractivity contribution is -0.228. The number of aromatic nitrogens is 2. The van der Waals surface area contributed by atoms with Crippen molar-refractivity contribution in [2.45, 2.75) is 25.3 Å². The molecule has 2 aromatic rings. The van der Waals surface area contributed by atoms with Gasteiger partial charge in [0.2, 0.25) is 5.95 Å². The number of hydrogen-bond acceptors (Lipinski definition) is 5. The number of nitrogens with two attached hydrogens (primary N) is 1. The first-order valence-electron chi connectivity index (χ1n) is 6.84. The molecule has 22 heavy (non-hydrogen) atoms. The summed E-state index contributed by atoms with van der Waals surface area (Å²) in [5, 5.41) is 0.755. The smallest absolute Gasteiger partial charge is 0.383 e. The summed E-state index contributed by atoms with van der Waals surface area (Å²) in [5.41, 5.74) is 6.59. The molecule has 1 aliphatic rings. The molecule has 5 nitrogen and oxygen atoms in total. The Morgan fingerprint density at radius 2 is 1.95 bits per heavy atom. The van der Waals surface area contributed by atoms with Crippen LogP contribution < -0.4 is 10.6 Å². The van der Waals surface area contributed by atoms with Crippen LogP contribution in [-0.4, -0.2) is 41.4 Å². The SMILES string of the molecule is CC(OC1CN(c2nc(N)c3ccccc3n2)C1)C(F)(F)F. The Hall–Kier alpha value is -2.09. The van der Waals surface area contributed by atoms with Gasteiger partial charge in [-0.05, 0) is 19.1 Å². The van der Waals surface area contributed by atoms with Crippen LogP contribution in [0.3, 0.4) is 0 Å². The van der Waals surface area contributed by atoms with E-state index in [-0.39, 0.29) is 0 Å². The Balaban J connectivity index is 1.68. The predicted molar refractivity (Wildman–Crippen MR) is 76.6 cm³/mol. The Kier molecular flexibility index (Phi) is 3.56. The highest BCUT2D eigenvalue weighted by Gasteiger charge is 2.41. The molecular formula is C14H15F3N4O. The van der Waals surface area contributed by atoms with Gasteiger partial charge in [-0.25, -0.2) is 4.98 Å². The summed E-state index contributed by atoms with van der Waals surface area (Å²) in [6.45, 7) is 1.64. The van der Waals surface area contributed by atoms with E-state index in [0.29, 0.717) is 30.4 Å². The number of anilines is 2. The predicted octanol–water partition coefficient (Wildman–Crippen LogP) is 2.37. The summed E-state index contributed by atoms with van der Waals surface area (Å²) < 4.78 is 42.3. The summed E-state index contributed by atoms with van der Waals surface area (Å²) in [7, 11) is 0. The van der Waals surface area contributed by atoms with Crippen molar-refractivity contribution in [3.63, 3.8) is 0 Å². The Bertz CT molecular complexity index is 685. The summed E-state index contributed by atoms with van der Waals surface area (Å²) in [6.07, 6.45) is -6.60. The molecule has 1 atom stereocenters. The number of hydrogen-bond donors (Lipinski definition) is 1. The molecule has 1 aromatic heterocycles. The highest BCUT2D eigenvalue weighted by molar-refractivity contribution is 5.88. The van der Waals surface area contributed by atoms with Gasteiger partial charge in [0, 0.05) is 18.5 Å². The van der Waals surface area contributed by atoms with Crippen molar-refractivity contribution in [3.8, 4) is 0 Å². The molecule has 0 aliphatic carbocycles. The zero-order valence-electron chi connectivity index (χ0n) is 11.8. The molecule has 3 rings (SSSR count). The standard InChI is InChI=1S/C14H15F3N4O/c1-8(14(15,16)17)22-9-6-21(7-9)13-19-11-5-3-2-4-10(11)12(18)20-13/h2-5,8-9H,6-7H2,1H3,(H2,18,19,20). The minimum atomic E-state index is -4.34. The van der Waals surface area contributed by atoms with Gasteiger partial charge >= 0.3 is 6.18 Å². The second-order valence-electron chi connectivity index (χ2n) is 5.27. The lowest BCUT2D eigenvalue weighted by Crippen LogP contribution is -2.55. The normalized spacial score (nSPS) is 17.5. The molecule has 1 saturated heterocycles. The molecule has 8 heteroatoms. The second-order valence-corrected chi connectivity index (χ2v) is 5.27. The van der Waals surface area contributed by atoms with E-state index >= 15 is 0 Å². The highest BCUT2D eigenvalue weighted by atomic mass is 19.4. The van der Waals surface area contributed by atoms with Crippen LogP contribution in [0.15, 0.2) is 24.3 Å². The van der Waals surface area contributed by atoms with E-state index in [1.165, 1.54) is 0 Å². The number of halogens is 3. The maximum absolute atomic E-state index is 12.4. The van der Waals surface area contributed by atoms with E-state index in [2.05, 4.69) is 9.97 Å². The maximum Gasteiger partial charge on any atom is 0.414 e. The summed E-state index contributed by atoms with van der Waals surface area (Å²) in [6, 6.07) is 7.32. The van der Waals surface area contributed by atoms with Crippen LogP contribution in [0.5, 0.6) is 0 Å². The number of nitrogens with zero attached hydrogens (tertiary/aromatic N) is 3. The Morgan fingerprint density at radius 3 is 2.64 bits per heavy atom. The van der Waals surface area contributed by atoms with Crippen molar-refractivity contribution in [2.75, 3.05) is 23.7 Å². The van der Waals surface area contributed by atoms with Gasteiger partial charge in [0.25, 0.3) is 0 Å². The fourth-order valence-electron chi connectivity index (χ4n) is 2.28. The van der Waals surface area contributed by atoms with Crippen LogP contribution in [-0.2, 0) is 4.74 Å². The highest BCUT2D eigenvalue weighted by Crippen LogP contribution is 2.28. The molecule has 0 radical (unpaired) electrons. The topological polar surface area (TPSA) is 64.3 Å². The average Bonchev–Trinajstić information content (AvgIpc) is 2.41. The Morgan fingerprint density at radius 1 is 1.27 bits per heavy atom. The van der Waals surface area contributed by atoms with Gasteiger partial charge in [0.1, 0.15) is 5.82 Å². The second kappa shape index (κ2) is 5.28. The van der Waals surface area contributed by atoms with Crippen molar-refractivity contribution in [1.29, 1.82) is 0 Å². The molecule has 1 aromatic carbocycles. The van der Waals surface area contributed by atoms with E-state index in [9.17, 15) is 13.2 Å². The van der Waals surface area contributed by atoms with Crippen molar-refractivity contribution in [3.05, 3.63) is 24.3 Å². The average molecular weight is 312 g/mol. The van der Waals surface area contributed by atoms with Gasteiger partial charge < -0.3 is 15.4 Å². The fourth-order valence-corrected chi connectivity index (χ4v) is 2.28. The molecular weight excluding hydrogens is 297 g/mol. The third kappa shape index (κ3) is 2.78. The zero-order chi connectivity index (χ0) is 15.9. The fraction of sp³-hybridized carbons (Fsp3) is 0.429. The van der Waals surface area contributed by atoms with Crippen LogP contribution in [0.2, 0.25) is 0 Å². The number of fused-ring (bicyclic) bond motifs is 1. The summed E-state index contributed by atoms with van der Waals surface area (Å²) in [5.74, 6) is 0.768. The molecule has 0 saturated carbocycles. The van der Waals surface area contributed by atoms with E-state index in [1.54, 1.807) is 4.90 Å². The number of nitrogen functional groups attached to an aromatic ring is 1. The Labute approximate surface area is 124 Å². The number of alkyl halides is 3. The van der Waals surface area contributed by atoms with Crippen molar-refractivity contribution in [2.24, 2.45) is 0 Å². The maximum atomic E-state index is 12.4. The first-order valence-corrected chi connectivity index (χ1v) is 6.84.